The Bertz CT molecular complexity index is 2240. The molecule has 8 aromatic carbocycles. The van der Waals surface area contributed by atoms with E-state index in [4.69, 9.17) is 4.74 Å². The molecule has 0 aliphatic carbocycles. The van der Waals surface area contributed by atoms with Crippen molar-refractivity contribution in [1.29, 1.82) is 0 Å². The molecule has 1 aliphatic rings. The van der Waals surface area contributed by atoms with Crippen LogP contribution in [0.25, 0.3) is 76.5 Å². The van der Waals surface area contributed by atoms with Crippen molar-refractivity contribution in [2.24, 2.45) is 0 Å². The second-order valence-corrected chi connectivity index (χ2v) is 10.5. The van der Waals surface area contributed by atoms with Crippen LogP contribution in [0.3, 0.4) is 0 Å². The van der Waals surface area contributed by atoms with Crippen LogP contribution in [0.5, 0.6) is 11.5 Å². The van der Waals surface area contributed by atoms with Crippen LogP contribution in [-0.2, 0) is 0 Å². The van der Waals surface area contributed by atoms with E-state index in [0.717, 1.165) is 17.1 Å². The Morgan fingerprint density at radius 2 is 0.949 bits per heavy atom. The maximum atomic E-state index is 6.34. The highest BCUT2D eigenvalue weighted by Gasteiger charge is 2.21. The van der Waals surface area contributed by atoms with Crippen LogP contribution in [-0.4, -0.2) is 0 Å². The first kappa shape index (κ1) is 20.9. The van der Waals surface area contributed by atoms with Gasteiger partial charge in [-0.25, -0.2) is 0 Å². The zero-order valence-corrected chi connectivity index (χ0v) is 21.1. The van der Waals surface area contributed by atoms with Gasteiger partial charge in [0.05, 0.1) is 0 Å². The van der Waals surface area contributed by atoms with Crippen LogP contribution < -0.4 is 4.74 Å². The lowest BCUT2D eigenvalue weighted by Gasteiger charge is -2.22. The summed E-state index contributed by atoms with van der Waals surface area (Å²) in [6.45, 7) is 0. The number of fused-ring (bicyclic) bond motifs is 2. The highest BCUT2D eigenvalue weighted by Crippen LogP contribution is 2.48. The number of para-hydroxylation sites is 1. The van der Waals surface area contributed by atoms with Gasteiger partial charge in [0.2, 0.25) is 0 Å². The molecule has 0 saturated carbocycles. The highest BCUT2D eigenvalue weighted by molar-refractivity contribution is 6.25. The first-order valence-corrected chi connectivity index (χ1v) is 13.4. The molecular formula is C38H22O. The Morgan fingerprint density at radius 3 is 1.79 bits per heavy atom. The van der Waals surface area contributed by atoms with Crippen molar-refractivity contribution >= 4 is 43.1 Å². The fraction of sp³-hybridized carbons (Fsp3) is 0. The van der Waals surface area contributed by atoms with Crippen molar-refractivity contribution < 1.29 is 4.74 Å². The Balaban J connectivity index is 1.26. The summed E-state index contributed by atoms with van der Waals surface area (Å²) in [6, 6.07) is 48.4. The molecule has 1 nitrogen and oxygen atoms in total. The third-order valence-corrected chi connectivity index (χ3v) is 8.41. The lowest BCUT2D eigenvalue weighted by atomic mass is 9.88. The molecule has 0 atom stereocenters. The highest BCUT2D eigenvalue weighted by atomic mass is 16.5. The van der Waals surface area contributed by atoms with E-state index in [1.54, 1.807) is 0 Å². The van der Waals surface area contributed by atoms with Gasteiger partial charge < -0.3 is 4.74 Å². The summed E-state index contributed by atoms with van der Waals surface area (Å²) >= 11 is 0. The molecular weight excluding hydrogens is 472 g/mol. The van der Waals surface area contributed by atoms with Gasteiger partial charge in [0.1, 0.15) is 11.5 Å². The van der Waals surface area contributed by atoms with Crippen molar-refractivity contribution in [2.45, 2.75) is 0 Å². The van der Waals surface area contributed by atoms with E-state index in [1.165, 1.54) is 70.9 Å². The first-order valence-electron chi connectivity index (χ1n) is 13.4. The van der Waals surface area contributed by atoms with Gasteiger partial charge in [-0.1, -0.05) is 115 Å². The third kappa shape index (κ3) is 2.90. The summed E-state index contributed by atoms with van der Waals surface area (Å²) in [7, 11) is 0. The second-order valence-electron chi connectivity index (χ2n) is 10.5. The maximum absolute atomic E-state index is 6.34. The second kappa shape index (κ2) is 7.69. The van der Waals surface area contributed by atoms with Gasteiger partial charge in [0.15, 0.2) is 0 Å². The normalized spacial score (nSPS) is 12.3. The van der Waals surface area contributed by atoms with E-state index in [9.17, 15) is 0 Å². The van der Waals surface area contributed by atoms with E-state index >= 15 is 0 Å². The van der Waals surface area contributed by atoms with Gasteiger partial charge in [0, 0.05) is 10.9 Å². The molecule has 8 aromatic rings. The minimum absolute atomic E-state index is 0.918. The van der Waals surface area contributed by atoms with Crippen molar-refractivity contribution in [3.05, 3.63) is 133 Å². The van der Waals surface area contributed by atoms with Crippen LogP contribution in [0.2, 0.25) is 0 Å². The Morgan fingerprint density at radius 1 is 0.333 bits per heavy atom. The fourth-order valence-corrected chi connectivity index (χ4v) is 6.67. The van der Waals surface area contributed by atoms with Crippen molar-refractivity contribution in [3.63, 3.8) is 0 Å². The van der Waals surface area contributed by atoms with Crippen molar-refractivity contribution in [2.75, 3.05) is 0 Å². The summed E-state index contributed by atoms with van der Waals surface area (Å²) < 4.78 is 6.34. The van der Waals surface area contributed by atoms with E-state index in [2.05, 4.69) is 121 Å². The number of ether oxygens (including phenoxy) is 1. The Kier molecular flexibility index (Phi) is 4.11. The Hall–Kier alpha value is -5.14. The molecule has 0 aromatic heterocycles. The largest absolute Gasteiger partial charge is 0.456 e. The number of hydrogen-bond donors (Lipinski definition) is 0. The van der Waals surface area contributed by atoms with Crippen molar-refractivity contribution in [1.82, 2.24) is 0 Å². The maximum Gasteiger partial charge on any atom is 0.135 e. The summed E-state index contributed by atoms with van der Waals surface area (Å²) in [5.41, 5.74) is 7.30. The molecule has 0 fully saturated rings. The fourth-order valence-electron chi connectivity index (χ4n) is 6.67. The zero-order chi connectivity index (χ0) is 25.5. The predicted octanol–water partition coefficient (Wildman–Crippen LogP) is 10.8. The number of rotatable bonds is 2. The van der Waals surface area contributed by atoms with E-state index < -0.39 is 0 Å². The summed E-state index contributed by atoms with van der Waals surface area (Å²) in [6.07, 6.45) is 0. The molecule has 0 N–H and O–H groups in total. The lowest BCUT2D eigenvalue weighted by molar-refractivity contribution is 0.487. The molecule has 0 saturated heterocycles. The Labute approximate surface area is 225 Å². The van der Waals surface area contributed by atoms with E-state index in [-0.39, 0.29) is 0 Å². The van der Waals surface area contributed by atoms with Crippen molar-refractivity contribution in [3.8, 4) is 44.9 Å². The molecule has 1 heteroatoms. The summed E-state index contributed by atoms with van der Waals surface area (Å²) in [5, 5.41) is 10.3. The molecule has 180 valence electrons. The van der Waals surface area contributed by atoms with Gasteiger partial charge in [0.25, 0.3) is 0 Å². The van der Waals surface area contributed by atoms with Gasteiger partial charge in [-0.2, -0.15) is 0 Å². The van der Waals surface area contributed by atoms with Crippen LogP contribution in [0.15, 0.2) is 133 Å². The minimum atomic E-state index is 0.918. The van der Waals surface area contributed by atoms with Gasteiger partial charge in [-0.15, -0.1) is 0 Å². The first-order chi connectivity index (χ1) is 19.3. The van der Waals surface area contributed by atoms with E-state index in [0.29, 0.717) is 0 Å². The summed E-state index contributed by atoms with van der Waals surface area (Å²) in [5.74, 6) is 1.84. The van der Waals surface area contributed by atoms with Crippen LogP contribution >= 0.6 is 0 Å². The zero-order valence-electron chi connectivity index (χ0n) is 21.1. The number of hydrogen-bond acceptors (Lipinski definition) is 1. The predicted molar refractivity (Wildman–Crippen MR) is 164 cm³/mol. The molecule has 0 spiro atoms. The van der Waals surface area contributed by atoms with Crippen LogP contribution in [0.4, 0.5) is 0 Å². The molecule has 1 heterocycles. The lowest BCUT2D eigenvalue weighted by Crippen LogP contribution is -1.97. The van der Waals surface area contributed by atoms with E-state index in [1.807, 2.05) is 12.1 Å². The van der Waals surface area contributed by atoms with Gasteiger partial charge in [-0.05, 0) is 83.7 Å². The molecule has 0 unspecified atom stereocenters. The average Bonchev–Trinajstić information content (AvgIpc) is 3.00. The molecule has 0 bridgehead atoms. The molecule has 1 aliphatic heterocycles. The van der Waals surface area contributed by atoms with Crippen LogP contribution in [0.1, 0.15) is 0 Å². The third-order valence-electron chi connectivity index (χ3n) is 8.41. The summed E-state index contributed by atoms with van der Waals surface area (Å²) in [4.78, 5) is 0. The SMILES string of the molecule is c1cc(-c2ccc3c4c(cccc24)-c2ccccc2O3)cc(-c2ccc3ccc4cccc5ccc2c3c45)c1. The van der Waals surface area contributed by atoms with Crippen LogP contribution in [0, 0.1) is 0 Å². The smallest absolute Gasteiger partial charge is 0.135 e. The molecule has 0 radical (unpaired) electrons. The van der Waals surface area contributed by atoms with Gasteiger partial charge in [-0.3, -0.25) is 0 Å². The average molecular weight is 495 g/mol. The quantitative estimate of drug-likeness (QED) is 0.217. The standard InChI is InChI=1S/C38H22O/c1-2-13-34-30(10-1)32-12-5-11-31-29(20-21-35(39-34)38(31)32)27-9-4-8-26(22-27)28-18-16-25-15-14-23-6-3-7-24-17-19-33(28)37(25)36(23)24/h1-22H. The molecule has 9 rings (SSSR count). The topological polar surface area (TPSA) is 9.23 Å². The molecule has 39 heavy (non-hydrogen) atoms. The molecule has 0 amide bonds. The van der Waals surface area contributed by atoms with Gasteiger partial charge >= 0.3 is 0 Å². The minimum Gasteiger partial charge on any atom is -0.456 e. The monoisotopic (exact) mass is 494 g/mol. The number of benzene rings is 8.